The van der Waals surface area contributed by atoms with Gasteiger partial charge in [-0.15, -0.1) is 0 Å². The van der Waals surface area contributed by atoms with E-state index in [1.807, 2.05) is 0 Å². The number of hydrogen-bond acceptors (Lipinski definition) is 2. The molecular weight excluding hydrogens is 176 g/mol. The molecule has 0 N–H and O–H groups in total. The van der Waals surface area contributed by atoms with E-state index in [1.165, 1.54) is 25.7 Å². The quantitative estimate of drug-likeness (QED) is 0.500. The molecule has 0 bridgehead atoms. The minimum atomic E-state index is -0.286. The third-order valence-electron chi connectivity index (χ3n) is 3.56. The molecule has 1 saturated heterocycles. The highest BCUT2D eigenvalue weighted by Crippen LogP contribution is 2.49. The van der Waals surface area contributed by atoms with Crippen molar-refractivity contribution in [2.24, 2.45) is 0 Å². The van der Waals surface area contributed by atoms with Gasteiger partial charge in [0.15, 0.2) is 11.4 Å². The molecule has 1 aliphatic heterocycles. The van der Waals surface area contributed by atoms with Crippen LogP contribution in [-0.4, -0.2) is 17.5 Å². The van der Waals surface area contributed by atoms with Crippen molar-refractivity contribution in [1.29, 1.82) is 0 Å². The van der Waals surface area contributed by atoms with E-state index < -0.39 is 0 Å². The standard InChI is InChI=1S/C12H20O2/c1-2-3-4-7-10(13)12-9-6-5-8-11(12)14-12/h11H,2-9H2,1H3. The van der Waals surface area contributed by atoms with Gasteiger partial charge in [0.25, 0.3) is 0 Å². The fourth-order valence-corrected chi connectivity index (χ4v) is 2.58. The lowest BCUT2D eigenvalue weighted by atomic mass is 9.84. The zero-order chi connectivity index (χ0) is 10.0. The van der Waals surface area contributed by atoms with Crippen LogP contribution in [0.2, 0.25) is 0 Å². The molecule has 2 unspecified atom stereocenters. The summed E-state index contributed by atoms with van der Waals surface area (Å²) in [6, 6.07) is 0. The fourth-order valence-electron chi connectivity index (χ4n) is 2.58. The first kappa shape index (κ1) is 10.2. The van der Waals surface area contributed by atoms with Crippen LogP contribution in [0.25, 0.3) is 0 Å². The number of Topliss-reactive ketones (excluding diaryl/α,β-unsaturated/α-hetero) is 1. The molecule has 2 heteroatoms. The topological polar surface area (TPSA) is 29.6 Å². The van der Waals surface area contributed by atoms with E-state index in [2.05, 4.69) is 6.92 Å². The second-order valence-corrected chi connectivity index (χ2v) is 4.62. The number of epoxide rings is 1. The molecule has 2 aliphatic rings. The van der Waals surface area contributed by atoms with E-state index in [1.54, 1.807) is 0 Å². The maximum atomic E-state index is 11.9. The summed E-state index contributed by atoms with van der Waals surface area (Å²) < 4.78 is 5.61. The summed E-state index contributed by atoms with van der Waals surface area (Å²) >= 11 is 0. The third kappa shape index (κ3) is 1.72. The van der Waals surface area contributed by atoms with Crippen molar-refractivity contribution < 1.29 is 9.53 Å². The molecule has 1 aliphatic carbocycles. The van der Waals surface area contributed by atoms with Crippen LogP contribution in [0.5, 0.6) is 0 Å². The minimum Gasteiger partial charge on any atom is -0.358 e. The molecule has 0 radical (unpaired) electrons. The van der Waals surface area contributed by atoms with Crippen molar-refractivity contribution >= 4 is 5.78 Å². The van der Waals surface area contributed by atoms with Crippen LogP contribution in [0.15, 0.2) is 0 Å². The predicted molar refractivity (Wildman–Crippen MR) is 55.2 cm³/mol. The summed E-state index contributed by atoms with van der Waals surface area (Å²) in [6.45, 7) is 2.17. The molecule has 0 spiro atoms. The molecule has 0 aromatic heterocycles. The zero-order valence-electron chi connectivity index (χ0n) is 9.05. The van der Waals surface area contributed by atoms with Crippen molar-refractivity contribution in [3.05, 3.63) is 0 Å². The zero-order valence-corrected chi connectivity index (χ0v) is 9.05. The van der Waals surface area contributed by atoms with Crippen LogP contribution in [0, 0.1) is 0 Å². The van der Waals surface area contributed by atoms with Gasteiger partial charge in [0, 0.05) is 6.42 Å². The highest BCUT2D eigenvalue weighted by atomic mass is 16.6. The lowest BCUT2D eigenvalue weighted by Crippen LogP contribution is -2.29. The van der Waals surface area contributed by atoms with Crippen molar-refractivity contribution in [2.75, 3.05) is 0 Å². The molecule has 2 rings (SSSR count). The Morgan fingerprint density at radius 1 is 1.43 bits per heavy atom. The van der Waals surface area contributed by atoms with Gasteiger partial charge >= 0.3 is 0 Å². The lowest BCUT2D eigenvalue weighted by Gasteiger charge is -2.15. The van der Waals surface area contributed by atoms with Crippen LogP contribution in [0.4, 0.5) is 0 Å². The van der Waals surface area contributed by atoms with Gasteiger partial charge in [-0.2, -0.15) is 0 Å². The molecule has 80 valence electrons. The molecule has 0 amide bonds. The first-order chi connectivity index (χ1) is 6.79. The Hall–Kier alpha value is -0.370. The summed E-state index contributed by atoms with van der Waals surface area (Å²) in [5, 5.41) is 0. The molecule has 1 saturated carbocycles. The maximum absolute atomic E-state index is 11.9. The maximum Gasteiger partial charge on any atom is 0.167 e. The predicted octanol–water partition coefficient (Wildman–Crippen LogP) is 2.85. The number of carbonyl (C=O) groups excluding carboxylic acids is 1. The second-order valence-electron chi connectivity index (χ2n) is 4.62. The van der Waals surface area contributed by atoms with E-state index in [0.717, 1.165) is 25.7 Å². The van der Waals surface area contributed by atoms with E-state index in [0.29, 0.717) is 11.9 Å². The summed E-state index contributed by atoms with van der Waals surface area (Å²) in [7, 11) is 0. The molecule has 1 heterocycles. The first-order valence-electron chi connectivity index (χ1n) is 6.01. The van der Waals surface area contributed by atoms with Crippen LogP contribution >= 0.6 is 0 Å². The van der Waals surface area contributed by atoms with Gasteiger partial charge < -0.3 is 4.74 Å². The van der Waals surface area contributed by atoms with E-state index >= 15 is 0 Å². The number of ketones is 1. The van der Waals surface area contributed by atoms with Crippen molar-refractivity contribution in [2.45, 2.75) is 70.0 Å². The molecule has 2 fully saturated rings. The van der Waals surface area contributed by atoms with Gasteiger partial charge in [-0.25, -0.2) is 0 Å². The molecular formula is C12H20O2. The van der Waals surface area contributed by atoms with Crippen LogP contribution in [-0.2, 0) is 9.53 Å². The number of ether oxygens (including phenoxy) is 1. The molecule has 14 heavy (non-hydrogen) atoms. The van der Waals surface area contributed by atoms with E-state index in [9.17, 15) is 4.79 Å². The highest BCUT2D eigenvalue weighted by molar-refractivity contribution is 5.90. The van der Waals surface area contributed by atoms with E-state index in [4.69, 9.17) is 4.74 Å². The average molecular weight is 196 g/mol. The van der Waals surface area contributed by atoms with Gasteiger partial charge in [0.2, 0.25) is 0 Å². The Morgan fingerprint density at radius 3 is 3.00 bits per heavy atom. The number of fused-ring (bicyclic) bond motifs is 1. The Morgan fingerprint density at radius 2 is 2.29 bits per heavy atom. The van der Waals surface area contributed by atoms with Crippen molar-refractivity contribution in [1.82, 2.24) is 0 Å². The van der Waals surface area contributed by atoms with E-state index in [-0.39, 0.29) is 5.60 Å². The van der Waals surface area contributed by atoms with Gasteiger partial charge in [-0.1, -0.05) is 26.2 Å². The number of hydrogen-bond donors (Lipinski definition) is 0. The van der Waals surface area contributed by atoms with Crippen LogP contribution in [0.3, 0.4) is 0 Å². The third-order valence-corrected chi connectivity index (χ3v) is 3.56. The summed E-state index contributed by atoms with van der Waals surface area (Å²) in [6.07, 6.45) is 8.96. The SMILES string of the molecule is CCCCCC(=O)C12CCCCC1O2. The lowest BCUT2D eigenvalue weighted by molar-refractivity contribution is -0.124. The Bertz CT molecular complexity index is 224. The summed E-state index contributed by atoms with van der Waals surface area (Å²) in [5.41, 5.74) is -0.286. The first-order valence-corrected chi connectivity index (χ1v) is 6.01. The molecule has 0 aromatic rings. The molecule has 0 aromatic carbocycles. The normalized spacial score (nSPS) is 35.1. The van der Waals surface area contributed by atoms with Crippen molar-refractivity contribution in [3.63, 3.8) is 0 Å². The Labute approximate surface area is 86.0 Å². The van der Waals surface area contributed by atoms with Gasteiger partial charge in [-0.3, -0.25) is 4.79 Å². The summed E-state index contributed by atoms with van der Waals surface area (Å²) in [4.78, 5) is 11.9. The fraction of sp³-hybridized carbons (Fsp3) is 0.917. The molecule has 2 nitrogen and oxygen atoms in total. The summed E-state index contributed by atoms with van der Waals surface area (Å²) in [5.74, 6) is 0.385. The van der Waals surface area contributed by atoms with Gasteiger partial charge in [0.05, 0.1) is 6.10 Å². The van der Waals surface area contributed by atoms with Gasteiger partial charge in [-0.05, 0) is 25.7 Å². The number of carbonyl (C=O) groups is 1. The highest BCUT2D eigenvalue weighted by Gasteiger charge is 2.61. The van der Waals surface area contributed by atoms with Gasteiger partial charge in [0.1, 0.15) is 0 Å². The smallest absolute Gasteiger partial charge is 0.167 e. The minimum absolute atomic E-state index is 0.286. The Balaban J connectivity index is 1.80. The second kappa shape index (κ2) is 4.01. The Kier molecular flexibility index (Phi) is 2.91. The largest absolute Gasteiger partial charge is 0.358 e. The van der Waals surface area contributed by atoms with Crippen LogP contribution < -0.4 is 0 Å². The number of unbranched alkanes of at least 4 members (excludes halogenated alkanes) is 2. The molecule has 2 atom stereocenters. The number of rotatable bonds is 5. The average Bonchev–Trinajstić information content (AvgIpc) is 2.93. The monoisotopic (exact) mass is 196 g/mol. The van der Waals surface area contributed by atoms with Crippen LogP contribution in [0.1, 0.15) is 58.3 Å². The van der Waals surface area contributed by atoms with Crippen molar-refractivity contribution in [3.8, 4) is 0 Å².